The quantitative estimate of drug-likeness (QED) is 0.147. The van der Waals surface area contributed by atoms with E-state index in [1.807, 2.05) is 48.5 Å². The maximum Gasteiger partial charge on any atom is 2.00 e. The molecule has 1 aliphatic carbocycles. The van der Waals surface area contributed by atoms with E-state index in [9.17, 15) is 0 Å². The summed E-state index contributed by atoms with van der Waals surface area (Å²) in [7, 11) is 6.80. The number of aromatic nitrogens is 4. The van der Waals surface area contributed by atoms with Crippen molar-refractivity contribution in [2.75, 3.05) is 28.4 Å². The standard InChI is InChI=1S/C64H46N4O4.Zn/c1-69-41-29-21-37(22-30-41)53-57-45-13-5-7-15-47(45)59(65-57)54(38-23-31-42(70-2)32-24-38)61-49-17-9-11-19-51(49)63(67-61)56(40-27-35-44(72-4)36-28-40)64-52-20-12-10-18-50(52)62(68-64)55(39-25-33-43(71-3)34-26-39)60-48-16-8-6-14-46(48)58(53)66-60;/h5-36,65,68H,1-4H3;/q;+2. The Labute approximate surface area is 434 Å². The van der Waals surface area contributed by atoms with E-state index in [1.165, 1.54) is 0 Å². The van der Waals surface area contributed by atoms with Crippen LogP contribution in [-0.2, 0) is 19.5 Å². The van der Waals surface area contributed by atoms with Crippen LogP contribution in [0.15, 0.2) is 194 Å². The molecule has 2 aliphatic heterocycles. The van der Waals surface area contributed by atoms with Gasteiger partial charge in [0.2, 0.25) is 0 Å². The molecule has 0 spiro atoms. The molecule has 0 amide bonds. The molecule has 0 unspecified atom stereocenters. The van der Waals surface area contributed by atoms with Gasteiger partial charge in [0.15, 0.2) is 0 Å². The van der Waals surface area contributed by atoms with Gasteiger partial charge in [0.1, 0.15) is 23.0 Å². The fraction of sp³-hybridized carbons (Fsp3) is 0.0625. The molecule has 4 heterocycles. The molecule has 2 aromatic heterocycles. The van der Waals surface area contributed by atoms with Gasteiger partial charge in [-0.25, -0.2) is 9.97 Å². The molecule has 0 fully saturated rings. The Morgan fingerprint density at radius 1 is 0.274 bits per heavy atom. The summed E-state index contributed by atoms with van der Waals surface area (Å²) >= 11 is 0. The van der Waals surface area contributed by atoms with Gasteiger partial charge in [0.25, 0.3) is 0 Å². The summed E-state index contributed by atoms with van der Waals surface area (Å²) in [4.78, 5) is 20.1. The number of nitrogens with one attached hydrogen (secondary N) is 2. The van der Waals surface area contributed by atoms with E-state index >= 15 is 0 Å². The molecule has 8 bridgehead atoms. The van der Waals surface area contributed by atoms with Crippen LogP contribution in [0.3, 0.4) is 0 Å². The Morgan fingerprint density at radius 2 is 0.479 bits per heavy atom. The maximum absolute atomic E-state index is 5.92. The number of hydrogen-bond acceptors (Lipinski definition) is 6. The summed E-state index contributed by atoms with van der Waals surface area (Å²) < 4.78 is 23.0. The Bertz CT molecular complexity index is 3600. The van der Waals surface area contributed by atoms with Crippen LogP contribution in [0.5, 0.6) is 23.0 Å². The summed E-state index contributed by atoms with van der Waals surface area (Å²) in [5, 5.41) is 4.18. The molecule has 3 aliphatic rings. The van der Waals surface area contributed by atoms with E-state index in [2.05, 4.69) is 156 Å². The van der Waals surface area contributed by atoms with Crippen LogP contribution in [0.4, 0.5) is 0 Å². The molecule has 9 heteroatoms. The second-order valence-corrected chi connectivity index (χ2v) is 18.0. The fourth-order valence-electron chi connectivity index (χ4n) is 10.8. The van der Waals surface area contributed by atoms with Crippen molar-refractivity contribution in [3.05, 3.63) is 194 Å². The van der Waals surface area contributed by atoms with E-state index in [0.29, 0.717) is 0 Å². The Balaban J connectivity index is 0.00000543. The summed E-state index contributed by atoms with van der Waals surface area (Å²) in [6.45, 7) is 0. The smallest absolute Gasteiger partial charge is 0.497 e. The Hall–Kier alpha value is -8.78. The summed E-state index contributed by atoms with van der Waals surface area (Å²) in [5.41, 5.74) is 18.9. The predicted octanol–water partition coefficient (Wildman–Crippen LogP) is 16.0. The largest absolute Gasteiger partial charge is 2.00 e. The number of ether oxygens (including phenoxy) is 4. The van der Waals surface area contributed by atoms with E-state index in [-0.39, 0.29) is 19.5 Å². The van der Waals surface area contributed by atoms with E-state index in [0.717, 1.165) is 156 Å². The van der Waals surface area contributed by atoms with Crippen LogP contribution in [-0.4, -0.2) is 48.4 Å². The maximum atomic E-state index is 5.92. The second kappa shape index (κ2) is 18.4. The zero-order chi connectivity index (χ0) is 48.5. The first-order valence-corrected chi connectivity index (χ1v) is 23.9. The van der Waals surface area contributed by atoms with Crippen LogP contribution in [0.2, 0.25) is 0 Å². The molecule has 0 saturated heterocycles. The first kappa shape index (κ1) is 45.4. The zero-order valence-corrected chi connectivity index (χ0v) is 43.7. The van der Waals surface area contributed by atoms with Crippen LogP contribution in [0.25, 0.3) is 133 Å². The van der Waals surface area contributed by atoms with Crippen LogP contribution < -0.4 is 18.9 Å². The molecule has 13 rings (SSSR count). The molecule has 8 aromatic carbocycles. The fourth-order valence-corrected chi connectivity index (χ4v) is 10.8. The number of H-pyrrole nitrogens is 2. The second-order valence-electron chi connectivity index (χ2n) is 18.0. The molecule has 10 aromatic rings. The Morgan fingerprint density at radius 3 is 0.685 bits per heavy atom. The molecule has 8 nitrogen and oxygen atoms in total. The molecule has 346 valence electrons. The predicted molar refractivity (Wildman–Crippen MR) is 293 cm³/mol. The van der Waals surface area contributed by atoms with Gasteiger partial charge >= 0.3 is 19.5 Å². The van der Waals surface area contributed by atoms with Gasteiger partial charge in [-0.05, 0) is 70.8 Å². The summed E-state index contributed by atoms with van der Waals surface area (Å²) in [6, 6.07) is 67.7. The Kier molecular flexibility index (Phi) is 11.5. The number of methoxy groups -OCH3 is 4. The van der Waals surface area contributed by atoms with Crippen molar-refractivity contribution in [1.29, 1.82) is 0 Å². The SMILES string of the molecule is COc1ccc(-c2c3nc(c(-c4ccc(OC)cc4)c4[nH]c(c(-c5ccc(OC)cc5)c5nc(c(-c6ccc(OC)cc6)c6[nH]c2c2ccccc62)-c2ccccc2-5)c2ccccc42)-c2ccccc2-3)cc1.[Zn+2]. The van der Waals surface area contributed by atoms with Crippen molar-refractivity contribution < 1.29 is 38.4 Å². The van der Waals surface area contributed by atoms with Gasteiger partial charge in [-0.1, -0.05) is 146 Å². The van der Waals surface area contributed by atoms with Gasteiger partial charge in [0.05, 0.1) is 73.3 Å². The summed E-state index contributed by atoms with van der Waals surface area (Å²) in [6.07, 6.45) is 0. The molecule has 0 atom stereocenters. The van der Waals surface area contributed by atoms with Crippen molar-refractivity contribution >= 4 is 43.6 Å². The molecular formula is C64H46N4O4Zn+2. The van der Waals surface area contributed by atoms with Crippen molar-refractivity contribution in [2.45, 2.75) is 0 Å². The van der Waals surface area contributed by atoms with Gasteiger partial charge in [-0.2, -0.15) is 0 Å². The van der Waals surface area contributed by atoms with E-state index in [4.69, 9.17) is 28.9 Å². The molecule has 0 radical (unpaired) electrons. The van der Waals surface area contributed by atoms with Crippen LogP contribution in [0.1, 0.15) is 0 Å². The van der Waals surface area contributed by atoms with Crippen LogP contribution in [0, 0.1) is 0 Å². The number of benzene rings is 8. The minimum atomic E-state index is 0. The first-order valence-electron chi connectivity index (χ1n) is 23.9. The minimum absolute atomic E-state index is 0. The molecule has 2 N–H and O–H groups in total. The number of hydrogen-bond donors (Lipinski definition) is 2. The molecule has 0 saturated carbocycles. The monoisotopic (exact) mass is 998 g/mol. The van der Waals surface area contributed by atoms with E-state index in [1.54, 1.807) is 28.4 Å². The number of aromatic amines is 2. The topological polar surface area (TPSA) is 94.3 Å². The average molecular weight is 1000 g/mol. The number of rotatable bonds is 8. The minimum Gasteiger partial charge on any atom is -0.497 e. The normalized spacial score (nSPS) is 11.5. The van der Waals surface area contributed by atoms with Gasteiger partial charge in [0, 0.05) is 66.1 Å². The average Bonchev–Trinajstić information content (AvgIpc) is 4.22. The van der Waals surface area contributed by atoms with Crippen molar-refractivity contribution in [1.82, 2.24) is 19.9 Å². The van der Waals surface area contributed by atoms with Crippen molar-refractivity contribution in [2.24, 2.45) is 0 Å². The van der Waals surface area contributed by atoms with Crippen molar-refractivity contribution in [3.8, 4) is 113 Å². The van der Waals surface area contributed by atoms with Crippen molar-refractivity contribution in [3.63, 3.8) is 0 Å². The van der Waals surface area contributed by atoms with Gasteiger partial charge in [-0.15, -0.1) is 0 Å². The first-order chi connectivity index (χ1) is 35.5. The third-order valence-corrected chi connectivity index (χ3v) is 14.2. The summed E-state index contributed by atoms with van der Waals surface area (Å²) in [5.74, 6) is 3.06. The van der Waals surface area contributed by atoms with Gasteiger partial charge < -0.3 is 28.9 Å². The van der Waals surface area contributed by atoms with Gasteiger partial charge in [-0.3, -0.25) is 0 Å². The molecular weight excluding hydrogens is 954 g/mol. The third-order valence-electron chi connectivity index (χ3n) is 14.2. The third kappa shape index (κ3) is 7.38. The van der Waals surface area contributed by atoms with Crippen LogP contribution >= 0.6 is 0 Å². The van der Waals surface area contributed by atoms with E-state index < -0.39 is 0 Å². The number of nitrogens with zero attached hydrogens (tertiary/aromatic N) is 2. The zero-order valence-electron chi connectivity index (χ0n) is 40.7. The molecule has 73 heavy (non-hydrogen) atoms.